The van der Waals surface area contributed by atoms with Crippen molar-refractivity contribution in [3.63, 3.8) is 0 Å². The lowest BCUT2D eigenvalue weighted by molar-refractivity contribution is -0.114. The summed E-state index contributed by atoms with van der Waals surface area (Å²) in [6.07, 6.45) is 0. The molecule has 0 fully saturated rings. The van der Waals surface area contributed by atoms with Crippen LogP contribution in [-0.4, -0.2) is 12.5 Å². The highest BCUT2D eigenvalue weighted by molar-refractivity contribution is 6.31. The van der Waals surface area contributed by atoms with E-state index in [1.54, 1.807) is 6.07 Å². The lowest BCUT2D eigenvalue weighted by atomic mass is 10.2. The van der Waals surface area contributed by atoms with E-state index >= 15 is 0 Å². The van der Waals surface area contributed by atoms with E-state index in [-0.39, 0.29) is 5.91 Å². The van der Waals surface area contributed by atoms with Gasteiger partial charge in [0.1, 0.15) is 6.61 Å². The van der Waals surface area contributed by atoms with Crippen molar-refractivity contribution in [1.29, 1.82) is 0 Å². The molecule has 5 nitrogen and oxygen atoms in total. The van der Waals surface area contributed by atoms with Crippen LogP contribution in [0.15, 0.2) is 60.7 Å². The van der Waals surface area contributed by atoms with E-state index in [0.29, 0.717) is 41.3 Å². The SMILES string of the molecule is CCOc1cc(CNc2ccc(NC(C)=O)cc2)c(Cl)cc1OCc1ccccc1Cl. The third kappa shape index (κ3) is 6.54. The van der Waals surface area contributed by atoms with Crippen LogP contribution in [0.1, 0.15) is 25.0 Å². The summed E-state index contributed by atoms with van der Waals surface area (Å²) < 4.78 is 11.7. The van der Waals surface area contributed by atoms with Crippen LogP contribution in [0.25, 0.3) is 0 Å². The Morgan fingerprint density at radius 3 is 2.23 bits per heavy atom. The predicted molar refractivity (Wildman–Crippen MR) is 126 cm³/mol. The van der Waals surface area contributed by atoms with Gasteiger partial charge in [-0.15, -0.1) is 0 Å². The Kier molecular flexibility index (Phi) is 8.04. The van der Waals surface area contributed by atoms with Crippen molar-refractivity contribution in [3.05, 3.63) is 81.8 Å². The topological polar surface area (TPSA) is 59.6 Å². The molecule has 0 bridgehead atoms. The van der Waals surface area contributed by atoms with Gasteiger partial charge in [0.25, 0.3) is 0 Å². The second kappa shape index (κ2) is 10.9. The van der Waals surface area contributed by atoms with Gasteiger partial charge in [0.15, 0.2) is 11.5 Å². The zero-order valence-corrected chi connectivity index (χ0v) is 18.9. The molecule has 31 heavy (non-hydrogen) atoms. The molecule has 7 heteroatoms. The van der Waals surface area contributed by atoms with Crippen LogP contribution in [0.3, 0.4) is 0 Å². The summed E-state index contributed by atoms with van der Waals surface area (Å²) in [4.78, 5) is 11.1. The van der Waals surface area contributed by atoms with Crippen molar-refractivity contribution >= 4 is 40.5 Å². The summed E-state index contributed by atoms with van der Waals surface area (Å²) in [6.45, 7) is 4.71. The molecular weight excluding hydrogens is 435 g/mol. The highest BCUT2D eigenvalue weighted by Crippen LogP contribution is 2.35. The zero-order valence-electron chi connectivity index (χ0n) is 17.4. The van der Waals surface area contributed by atoms with Crippen molar-refractivity contribution in [2.45, 2.75) is 27.0 Å². The predicted octanol–water partition coefficient (Wildman–Crippen LogP) is 6.54. The van der Waals surface area contributed by atoms with Crippen molar-refractivity contribution in [2.24, 2.45) is 0 Å². The van der Waals surface area contributed by atoms with Crippen molar-refractivity contribution in [3.8, 4) is 11.5 Å². The van der Waals surface area contributed by atoms with Crippen LogP contribution in [0.5, 0.6) is 11.5 Å². The molecule has 3 aromatic carbocycles. The average molecular weight is 459 g/mol. The van der Waals surface area contributed by atoms with E-state index in [9.17, 15) is 4.79 Å². The molecule has 0 radical (unpaired) electrons. The second-order valence-electron chi connectivity index (χ2n) is 6.82. The molecule has 2 N–H and O–H groups in total. The molecule has 0 unspecified atom stereocenters. The minimum atomic E-state index is -0.104. The Hall–Kier alpha value is -2.89. The molecule has 162 valence electrons. The van der Waals surface area contributed by atoms with Crippen molar-refractivity contribution < 1.29 is 14.3 Å². The molecule has 0 heterocycles. The normalized spacial score (nSPS) is 10.5. The quantitative estimate of drug-likeness (QED) is 0.381. The molecule has 0 aliphatic carbocycles. The minimum absolute atomic E-state index is 0.104. The standard InChI is InChI=1S/C24H24Cl2N2O3/c1-3-30-23-12-18(14-27-19-8-10-20(11-9-19)28-16(2)29)22(26)13-24(23)31-15-17-6-4-5-7-21(17)25/h4-13,27H,3,14-15H2,1-2H3,(H,28,29). The molecule has 0 saturated heterocycles. The van der Waals surface area contributed by atoms with Gasteiger partial charge >= 0.3 is 0 Å². The van der Waals surface area contributed by atoms with E-state index in [4.69, 9.17) is 32.7 Å². The number of carbonyl (C=O) groups excluding carboxylic acids is 1. The first-order chi connectivity index (χ1) is 15.0. The van der Waals surface area contributed by atoms with Crippen LogP contribution < -0.4 is 20.1 Å². The van der Waals surface area contributed by atoms with Gasteiger partial charge < -0.3 is 20.1 Å². The number of amides is 1. The highest BCUT2D eigenvalue weighted by Gasteiger charge is 2.12. The zero-order chi connectivity index (χ0) is 22.2. The Labute approximate surface area is 192 Å². The van der Waals surface area contributed by atoms with Gasteiger partial charge in [-0.2, -0.15) is 0 Å². The Balaban J connectivity index is 1.70. The van der Waals surface area contributed by atoms with Crippen LogP contribution in [0.2, 0.25) is 10.0 Å². The van der Waals surface area contributed by atoms with Crippen LogP contribution in [0.4, 0.5) is 11.4 Å². The molecule has 0 aliphatic heterocycles. The fourth-order valence-corrected chi connectivity index (χ4v) is 3.35. The number of halogens is 2. The molecule has 3 rings (SSSR count). The molecule has 0 atom stereocenters. The van der Waals surface area contributed by atoms with E-state index in [2.05, 4.69) is 10.6 Å². The van der Waals surface area contributed by atoms with Crippen LogP contribution in [0, 0.1) is 0 Å². The molecule has 3 aromatic rings. The number of ether oxygens (including phenoxy) is 2. The maximum Gasteiger partial charge on any atom is 0.221 e. The lowest BCUT2D eigenvalue weighted by Crippen LogP contribution is -2.06. The summed E-state index contributed by atoms with van der Waals surface area (Å²) >= 11 is 12.7. The molecule has 0 spiro atoms. The van der Waals surface area contributed by atoms with Crippen LogP contribution >= 0.6 is 23.2 Å². The Morgan fingerprint density at radius 2 is 1.55 bits per heavy atom. The number of hydrogen-bond donors (Lipinski definition) is 2. The lowest BCUT2D eigenvalue weighted by Gasteiger charge is -2.16. The third-order valence-electron chi connectivity index (χ3n) is 4.44. The maximum atomic E-state index is 11.1. The van der Waals surface area contributed by atoms with Gasteiger partial charge in [0.05, 0.1) is 6.61 Å². The van der Waals surface area contributed by atoms with Gasteiger partial charge in [-0.25, -0.2) is 0 Å². The first-order valence-electron chi connectivity index (χ1n) is 9.89. The van der Waals surface area contributed by atoms with E-state index < -0.39 is 0 Å². The summed E-state index contributed by atoms with van der Waals surface area (Å²) in [7, 11) is 0. The van der Waals surface area contributed by atoms with E-state index in [0.717, 1.165) is 22.5 Å². The second-order valence-corrected chi connectivity index (χ2v) is 7.63. The van der Waals surface area contributed by atoms with Crippen molar-refractivity contribution in [1.82, 2.24) is 0 Å². The monoisotopic (exact) mass is 458 g/mol. The Bertz CT molecular complexity index is 1040. The van der Waals surface area contributed by atoms with Gasteiger partial charge in [0, 0.05) is 46.5 Å². The number of benzene rings is 3. The van der Waals surface area contributed by atoms with E-state index in [1.807, 2.05) is 61.5 Å². The summed E-state index contributed by atoms with van der Waals surface area (Å²) in [5.74, 6) is 1.08. The number of rotatable bonds is 9. The van der Waals surface area contributed by atoms with Crippen LogP contribution in [-0.2, 0) is 17.9 Å². The van der Waals surface area contributed by atoms with Gasteiger partial charge in [-0.05, 0) is 48.9 Å². The maximum absolute atomic E-state index is 11.1. The largest absolute Gasteiger partial charge is 0.490 e. The van der Waals surface area contributed by atoms with Gasteiger partial charge in [-0.1, -0.05) is 41.4 Å². The van der Waals surface area contributed by atoms with Gasteiger partial charge in [-0.3, -0.25) is 4.79 Å². The first-order valence-corrected chi connectivity index (χ1v) is 10.6. The first kappa shape index (κ1) is 22.8. The van der Waals surface area contributed by atoms with E-state index in [1.165, 1.54) is 6.92 Å². The molecule has 0 saturated carbocycles. The molecule has 1 amide bonds. The summed E-state index contributed by atoms with van der Waals surface area (Å²) in [5, 5.41) is 7.29. The number of anilines is 2. The molecule has 0 aromatic heterocycles. The fraction of sp³-hybridized carbons (Fsp3) is 0.208. The third-order valence-corrected chi connectivity index (χ3v) is 5.16. The summed E-state index contributed by atoms with van der Waals surface area (Å²) in [5.41, 5.74) is 3.41. The summed E-state index contributed by atoms with van der Waals surface area (Å²) in [6, 6.07) is 18.6. The number of carbonyl (C=O) groups is 1. The number of nitrogens with one attached hydrogen (secondary N) is 2. The Morgan fingerprint density at radius 1 is 0.871 bits per heavy atom. The highest BCUT2D eigenvalue weighted by atomic mass is 35.5. The minimum Gasteiger partial charge on any atom is -0.490 e. The molecule has 0 aliphatic rings. The molecular formula is C24H24Cl2N2O3. The fourth-order valence-electron chi connectivity index (χ4n) is 2.94. The van der Waals surface area contributed by atoms with Gasteiger partial charge in [0.2, 0.25) is 5.91 Å². The smallest absolute Gasteiger partial charge is 0.221 e. The number of hydrogen-bond acceptors (Lipinski definition) is 4. The van der Waals surface area contributed by atoms with Crippen molar-refractivity contribution in [2.75, 3.05) is 17.2 Å². The average Bonchev–Trinajstić information content (AvgIpc) is 2.74.